The molecular weight excluding hydrogens is 248 g/mol. The zero-order valence-electron chi connectivity index (χ0n) is 9.47. The molecule has 0 saturated heterocycles. The lowest BCUT2D eigenvalue weighted by Crippen LogP contribution is -1.89. The topological polar surface area (TPSA) is 61.3 Å². The van der Waals surface area contributed by atoms with Gasteiger partial charge in [0.15, 0.2) is 11.4 Å². The second kappa shape index (κ2) is 3.49. The van der Waals surface area contributed by atoms with Crippen LogP contribution in [0.3, 0.4) is 0 Å². The smallest absolute Gasteiger partial charge is 0.178 e. The molecule has 90 valence electrons. The summed E-state index contributed by atoms with van der Waals surface area (Å²) in [6.07, 6.45) is 0.904. The molecule has 4 rings (SSSR count). The first-order valence-electron chi connectivity index (χ1n) is 5.70. The van der Waals surface area contributed by atoms with E-state index in [-0.39, 0.29) is 0 Å². The molecule has 1 aliphatic rings. The van der Waals surface area contributed by atoms with Crippen LogP contribution in [0.15, 0.2) is 27.4 Å². The number of fused-ring (bicyclic) bond motifs is 3. The summed E-state index contributed by atoms with van der Waals surface area (Å²) in [5.41, 5.74) is 10.1. The largest absolute Gasteiger partial charge is 0.492 e. The zero-order valence-corrected chi connectivity index (χ0v) is 10.3. The van der Waals surface area contributed by atoms with E-state index < -0.39 is 0 Å². The molecule has 0 fully saturated rings. The molecule has 5 heteroatoms. The summed E-state index contributed by atoms with van der Waals surface area (Å²) in [6, 6.07) is 4.11. The number of nitrogens with two attached hydrogens (primary N) is 1. The Labute approximate surface area is 107 Å². The van der Waals surface area contributed by atoms with Crippen LogP contribution in [0, 0.1) is 0 Å². The van der Waals surface area contributed by atoms with Crippen molar-refractivity contribution in [3.8, 4) is 16.9 Å². The highest BCUT2D eigenvalue weighted by atomic mass is 32.1. The van der Waals surface area contributed by atoms with Gasteiger partial charge in [-0.2, -0.15) is 11.3 Å². The van der Waals surface area contributed by atoms with Crippen molar-refractivity contribution in [2.75, 3.05) is 12.3 Å². The first kappa shape index (κ1) is 9.96. The molecule has 1 aromatic carbocycles. The summed E-state index contributed by atoms with van der Waals surface area (Å²) >= 11 is 1.68. The van der Waals surface area contributed by atoms with Crippen LogP contribution < -0.4 is 10.5 Å². The highest BCUT2D eigenvalue weighted by Gasteiger charge is 2.24. The minimum absolute atomic E-state index is 0.403. The van der Waals surface area contributed by atoms with Crippen LogP contribution in [0.25, 0.3) is 22.1 Å². The molecule has 2 aromatic heterocycles. The third kappa shape index (κ3) is 1.22. The third-order valence-electron chi connectivity index (χ3n) is 3.28. The first-order chi connectivity index (χ1) is 8.84. The second-order valence-corrected chi connectivity index (χ2v) is 5.06. The van der Waals surface area contributed by atoms with Gasteiger partial charge < -0.3 is 15.0 Å². The average molecular weight is 258 g/mol. The van der Waals surface area contributed by atoms with Gasteiger partial charge in [-0.15, -0.1) is 0 Å². The maximum absolute atomic E-state index is 5.84. The van der Waals surface area contributed by atoms with E-state index in [0.29, 0.717) is 18.0 Å². The van der Waals surface area contributed by atoms with Crippen LogP contribution in [0.2, 0.25) is 0 Å². The third-order valence-corrected chi connectivity index (χ3v) is 3.96. The lowest BCUT2D eigenvalue weighted by atomic mass is 9.98. The normalized spacial score (nSPS) is 13.8. The van der Waals surface area contributed by atoms with E-state index in [1.807, 2.05) is 6.07 Å². The number of anilines is 1. The molecule has 18 heavy (non-hydrogen) atoms. The fourth-order valence-electron chi connectivity index (χ4n) is 2.47. The van der Waals surface area contributed by atoms with Crippen molar-refractivity contribution < 1.29 is 9.26 Å². The van der Waals surface area contributed by atoms with E-state index >= 15 is 0 Å². The molecule has 4 nitrogen and oxygen atoms in total. The molecule has 0 bridgehead atoms. The first-order valence-corrected chi connectivity index (χ1v) is 6.65. The van der Waals surface area contributed by atoms with Crippen molar-refractivity contribution in [2.45, 2.75) is 6.42 Å². The van der Waals surface area contributed by atoms with E-state index in [9.17, 15) is 0 Å². The number of nitrogen functional groups attached to an aromatic ring is 1. The average Bonchev–Trinajstić information content (AvgIpc) is 3.06. The Bertz CT molecular complexity index is 731. The molecule has 0 saturated carbocycles. The fraction of sp³-hybridized carbons (Fsp3) is 0.154. The summed E-state index contributed by atoms with van der Waals surface area (Å²) in [5, 5.41) is 8.82. The minimum Gasteiger partial charge on any atom is -0.492 e. The number of ether oxygens (including phenoxy) is 1. The van der Waals surface area contributed by atoms with Crippen LogP contribution in [-0.4, -0.2) is 11.8 Å². The highest BCUT2D eigenvalue weighted by molar-refractivity contribution is 7.08. The fourth-order valence-corrected chi connectivity index (χ4v) is 3.13. The molecule has 3 heterocycles. The molecule has 0 aliphatic carbocycles. The van der Waals surface area contributed by atoms with Crippen LogP contribution in [0.5, 0.6) is 5.75 Å². The summed E-state index contributed by atoms with van der Waals surface area (Å²) in [4.78, 5) is 0. The van der Waals surface area contributed by atoms with Crippen molar-refractivity contribution in [3.05, 3.63) is 28.5 Å². The van der Waals surface area contributed by atoms with Gasteiger partial charge in [-0.25, -0.2) is 0 Å². The Hall–Kier alpha value is -2.01. The number of thiophene rings is 1. The lowest BCUT2D eigenvalue weighted by molar-refractivity contribution is 0.360. The Morgan fingerprint density at radius 1 is 1.39 bits per heavy atom. The summed E-state index contributed by atoms with van der Waals surface area (Å²) in [6.45, 7) is 0.691. The van der Waals surface area contributed by atoms with Crippen molar-refractivity contribution in [3.63, 3.8) is 0 Å². The van der Waals surface area contributed by atoms with Crippen LogP contribution >= 0.6 is 11.3 Å². The van der Waals surface area contributed by atoms with Crippen LogP contribution in [0.1, 0.15) is 5.56 Å². The van der Waals surface area contributed by atoms with Crippen molar-refractivity contribution in [2.24, 2.45) is 0 Å². The maximum Gasteiger partial charge on any atom is 0.178 e. The number of hydrogen-bond donors (Lipinski definition) is 1. The van der Waals surface area contributed by atoms with E-state index in [0.717, 1.165) is 23.1 Å². The molecule has 1 aliphatic heterocycles. The molecule has 2 N–H and O–H groups in total. The van der Waals surface area contributed by atoms with Gasteiger partial charge in [0.25, 0.3) is 0 Å². The molecule has 3 aromatic rings. The van der Waals surface area contributed by atoms with Gasteiger partial charge in [-0.3, -0.25) is 0 Å². The number of nitrogens with zero attached hydrogens (tertiary/aromatic N) is 1. The van der Waals surface area contributed by atoms with Crippen LogP contribution in [0.4, 0.5) is 5.82 Å². The zero-order chi connectivity index (χ0) is 12.1. The monoisotopic (exact) mass is 258 g/mol. The van der Waals surface area contributed by atoms with Crippen molar-refractivity contribution >= 4 is 28.1 Å². The molecule has 0 atom stereocenters. The summed E-state index contributed by atoms with van der Waals surface area (Å²) in [5.74, 6) is 1.24. The second-order valence-electron chi connectivity index (χ2n) is 4.28. The summed E-state index contributed by atoms with van der Waals surface area (Å²) in [7, 11) is 0. The molecule has 0 unspecified atom stereocenters. The van der Waals surface area contributed by atoms with Gasteiger partial charge in [0.1, 0.15) is 11.1 Å². The van der Waals surface area contributed by atoms with Gasteiger partial charge in [0.05, 0.1) is 6.61 Å². The number of hydrogen-bond acceptors (Lipinski definition) is 5. The van der Waals surface area contributed by atoms with Gasteiger partial charge >= 0.3 is 0 Å². The number of aromatic nitrogens is 1. The van der Waals surface area contributed by atoms with E-state index in [1.165, 1.54) is 11.1 Å². The molecule has 0 amide bonds. The summed E-state index contributed by atoms with van der Waals surface area (Å²) < 4.78 is 11.0. The Balaban J connectivity index is 2.11. The standard InChI is InChI=1S/C13H10N2O2S/c14-13-11-10(17-15-13)5-9(7-2-4-18-6-7)8-1-3-16-12(8)11/h2,4-6H,1,3H2,(H2,14,15). The van der Waals surface area contributed by atoms with E-state index in [2.05, 4.69) is 22.0 Å². The molecule has 0 spiro atoms. The Kier molecular flexibility index (Phi) is 1.93. The molecular formula is C13H10N2O2S. The van der Waals surface area contributed by atoms with Crippen LogP contribution in [-0.2, 0) is 6.42 Å². The molecule has 0 radical (unpaired) electrons. The van der Waals surface area contributed by atoms with Crippen molar-refractivity contribution in [1.82, 2.24) is 5.16 Å². The van der Waals surface area contributed by atoms with Gasteiger partial charge in [-0.05, 0) is 34.0 Å². The van der Waals surface area contributed by atoms with Gasteiger partial charge in [0, 0.05) is 12.0 Å². The SMILES string of the molecule is Nc1noc2cc(-c3ccsc3)c3c(c12)OCC3. The maximum atomic E-state index is 5.84. The lowest BCUT2D eigenvalue weighted by Gasteiger charge is -2.06. The van der Waals surface area contributed by atoms with Gasteiger partial charge in [0.2, 0.25) is 0 Å². The van der Waals surface area contributed by atoms with E-state index in [1.54, 1.807) is 11.3 Å². The minimum atomic E-state index is 0.403. The Morgan fingerprint density at radius 3 is 3.17 bits per heavy atom. The Morgan fingerprint density at radius 2 is 2.33 bits per heavy atom. The predicted molar refractivity (Wildman–Crippen MR) is 70.9 cm³/mol. The van der Waals surface area contributed by atoms with Crippen molar-refractivity contribution in [1.29, 1.82) is 0 Å². The highest BCUT2D eigenvalue weighted by Crippen LogP contribution is 2.43. The predicted octanol–water partition coefficient (Wildman–Crippen LogP) is 3.07. The number of rotatable bonds is 1. The quantitative estimate of drug-likeness (QED) is 0.728. The van der Waals surface area contributed by atoms with E-state index in [4.69, 9.17) is 15.0 Å². The van der Waals surface area contributed by atoms with Gasteiger partial charge in [-0.1, -0.05) is 5.16 Å². The number of benzene rings is 1.